The van der Waals surface area contributed by atoms with Gasteiger partial charge in [-0.15, -0.1) is 0 Å². The third-order valence-corrected chi connectivity index (χ3v) is 4.95. The van der Waals surface area contributed by atoms with Crippen LogP contribution in [-0.4, -0.2) is 41.5 Å². The molecule has 0 aromatic carbocycles. The third-order valence-electron chi connectivity index (χ3n) is 4.95. The molecule has 29 heavy (non-hydrogen) atoms. The Hall–Kier alpha value is -3.26. The van der Waals surface area contributed by atoms with E-state index < -0.39 is 17.0 Å². The molecule has 0 spiro atoms. The Morgan fingerprint density at radius 3 is 2.86 bits per heavy atom. The number of carbonyl (C=O) groups excluding carboxylic acids is 1. The quantitative estimate of drug-likeness (QED) is 0.527. The largest absolute Gasteiger partial charge is 0.465 e. The second-order valence-corrected chi connectivity index (χ2v) is 6.77. The molecule has 3 aromatic rings. The first-order valence-electron chi connectivity index (χ1n) is 9.53. The molecule has 1 aliphatic rings. The molecule has 0 amide bonds. The zero-order valence-electron chi connectivity index (χ0n) is 16.0. The highest BCUT2D eigenvalue weighted by atomic mass is 19.1. The number of allylic oxidation sites excluding steroid dienone is 1. The molecule has 4 rings (SSSR count). The Morgan fingerprint density at radius 1 is 1.38 bits per heavy atom. The molecule has 1 N–H and O–H groups in total. The van der Waals surface area contributed by atoms with Gasteiger partial charge in [0.1, 0.15) is 11.4 Å². The standard InChI is InChI=1S/C21H21FN4O3/c1-2-25-13-16(18(27)6-5-14-4-3-11-29-14)19(28)15-12-17(22)21(24-20(15)25)26-9-7-23-8-10-26/h3-6,11-13,23H,2,7-10H2,1H3. The first-order valence-corrected chi connectivity index (χ1v) is 9.53. The van der Waals surface area contributed by atoms with Crippen LogP contribution in [0.5, 0.6) is 0 Å². The molecule has 4 heterocycles. The molecule has 3 aromatic heterocycles. The van der Waals surface area contributed by atoms with E-state index >= 15 is 0 Å². The number of nitrogens with one attached hydrogen (secondary N) is 1. The Morgan fingerprint density at radius 2 is 2.17 bits per heavy atom. The van der Waals surface area contributed by atoms with Gasteiger partial charge in [-0.25, -0.2) is 9.37 Å². The number of aromatic nitrogens is 2. The van der Waals surface area contributed by atoms with Crippen LogP contribution in [-0.2, 0) is 6.54 Å². The number of hydrogen-bond donors (Lipinski definition) is 1. The van der Waals surface area contributed by atoms with Gasteiger partial charge in [-0.3, -0.25) is 9.59 Å². The number of nitrogens with zero attached hydrogens (tertiary/aromatic N) is 3. The molecule has 0 atom stereocenters. The molecular weight excluding hydrogens is 375 g/mol. The number of anilines is 1. The van der Waals surface area contributed by atoms with Crippen molar-refractivity contribution in [2.75, 3.05) is 31.1 Å². The summed E-state index contributed by atoms with van der Waals surface area (Å²) in [6, 6.07) is 4.60. The number of rotatable bonds is 5. The van der Waals surface area contributed by atoms with E-state index in [1.807, 2.05) is 11.8 Å². The molecule has 8 heteroatoms. The molecule has 0 aliphatic carbocycles. The van der Waals surface area contributed by atoms with Gasteiger partial charge in [0.15, 0.2) is 17.4 Å². The second-order valence-electron chi connectivity index (χ2n) is 6.77. The fourth-order valence-corrected chi connectivity index (χ4v) is 3.43. The van der Waals surface area contributed by atoms with E-state index in [1.165, 1.54) is 30.7 Å². The second kappa shape index (κ2) is 8.00. The average molecular weight is 396 g/mol. The van der Waals surface area contributed by atoms with Gasteiger partial charge in [-0.05, 0) is 37.3 Å². The van der Waals surface area contributed by atoms with Crippen LogP contribution in [0.25, 0.3) is 17.1 Å². The fraction of sp³-hybridized carbons (Fsp3) is 0.286. The van der Waals surface area contributed by atoms with Crippen LogP contribution >= 0.6 is 0 Å². The van der Waals surface area contributed by atoms with Gasteiger partial charge in [0.2, 0.25) is 5.43 Å². The minimum absolute atomic E-state index is 0.0294. The molecule has 0 radical (unpaired) electrons. The highest BCUT2D eigenvalue weighted by molar-refractivity contribution is 6.07. The maximum atomic E-state index is 14.8. The first kappa shape index (κ1) is 19.1. The summed E-state index contributed by atoms with van der Waals surface area (Å²) in [6.45, 7) is 5.13. The van der Waals surface area contributed by atoms with Crippen molar-refractivity contribution in [2.45, 2.75) is 13.5 Å². The minimum atomic E-state index is -0.560. The SMILES string of the molecule is CCn1cc(C(=O)C=Cc2ccco2)c(=O)c2cc(F)c(N3CCNCC3)nc21. The van der Waals surface area contributed by atoms with Crippen molar-refractivity contribution in [2.24, 2.45) is 0 Å². The topological polar surface area (TPSA) is 80.4 Å². The van der Waals surface area contributed by atoms with Gasteiger partial charge in [-0.2, -0.15) is 0 Å². The zero-order valence-corrected chi connectivity index (χ0v) is 16.0. The molecule has 0 bridgehead atoms. The average Bonchev–Trinajstić information content (AvgIpc) is 3.26. The van der Waals surface area contributed by atoms with Crippen LogP contribution < -0.4 is 15.6 Å². The maximum absolute atomic E-state index is 14.8. The molecule has 0 unspecified atom stereocenters. The summed E-state index contributed by atoms with van der Waals surface area (Å²) >= 11 is 0. The lowest BCUT2D eigenvalue weighted by molar-refractivity contribution is 0.104. The molecule has 1 fully saturated rings. The predicted molar refractivity (Wildman–Crippen MR) is 109 cm³/mol. The van der Waals surface area contributed by atoms with Crippen molar-refractivity contribution < 1.29 is 13.6 Å². The summed E-state index contributed by atoms with van der Waals surface area (Å²) in [5, 5.41) is 3.31. The Balaban J connectivity index is 1.79. The van der Waals surface area contributed by atoms with Crippen molar-refractivity contribution in [3.8, 4) is 0 Å². The highest BCUT2D eigenvalue weighted by Crippen LogP contribution is 2.22. The van der Waals surface area contributed by atoms with Crippen LogP contribution in [0.2, 0.25) is 0 Å². The Labute approximate surface area is 166 Å². The molecule has 7 nitrogen and oxygen atoms in total. The number of halogens is 1. The lowest BCUT2D eigenvalue weighted by Crippen LogP contribution is -2.44. The normalized spacial score (nSPS) is 14.8. The van der Waals surface area contributed by atoms with Gasteiger partial charge >= 0.3 is 0 Å². The first-order chi connectivity index (χ1) is 14.1. The minimum Gasteiger partial charge on any atom is -0.465 e. The van der Waals surface area contributed by atoms with Crippen molar-refractivity contribution in [3.63, 3.8) is 0 Å². The van der Waals surface area contributed by atoms with Crippen LogP contribution in [0.3, 0.4) is 0 Å². The number of ketones is 1. The number of furan rings is 1. The predicted octanol–water partition coefficient (Wildman–Crippen LogP) is 2.45. The van der Waals surface area contributed by atoms with E-state index in [1.54, 1.807) is 16.7 Å². The Bertz CT molecular complexity index is 1130. The van der Waals surface area contributed by atoms with E-state index in [4.69, 9.17) is 4.42 Å². The molecular formula is C21H21FN4O3. The van der Waals surface area contributed by atoms with E-state index in [-0.39, 0.29) is 16.8 Å². The summed E-state index contributed by atoms with van der Waals surface area (Å²) in [4.78, 5) is 31.8. The lowest BCUT2D eigenvalue weighted by Gasteiger charge is -2.29. The van der Waals surface area contributed by atoms with Crippen molar-refractivity contribution in [3.05, 3.63) is 64.1 Å². The third kappa shape index (κ3) is 3.71. The molecule has 1 saturated heterocycles. The van der Waals surface area contributed by atoms with Crippen LogP contribution in [0.4, 0.5) is 10.2 Å². The van der Waals surface area contributed by atoms with E-state index in [2.05, 4.69) is 10.3 Å². The summed E-state index contributed by atoms with van der Waals surface area (Å²) in [6.07, 6.45) is 5.76. The highest BCUT2D eigenvalue weighted by Gasteiger charge is 2.21. The summed E-state index contributed by atoms with van der Waals surface area (Å²) < 4.78 is 21.7. The Kier molecular flexibility index (Phi) is 5.26. The van der Waals surface area contributed by atoms with Crippen LogP contribution in [0, 0.1) is 5.82 Å². The van der Waals surface area contributed by atoms with Gasteiger partial charge in [0.05, 0.1) is 17.2 Å². The number of hydrogen-bond acceptors (Lipinski definition) is 6. The maximum Gasteiger partial charge on any atom is 0.202 e. The van der Waals surface area contributed by atoms with E-state index in [0.29, 0.717) is 31.0 Å². The number of carbonyl (C=O) groups is 1. The molecule has 0 saturated carbocycles. The van der Waals surface area contributed by atoms with Crippen molar-refractivity contribution >= 4 is 28.7 Å². The fourth-order valence-electron chi connectivity index (χ4n) is 3.43. The molecule has 1 aliphatic heterocycles. The monoisotopic (exact) mass is 396 g/mol. The molecule has 150 valence electrons. The summed E-state index contributed by atoms with van der Waals surface area (Å²) in [7, 11) is 0. The van der Waals surface area contributed by atoms with Gasteiger partial charge in [0.25, 0.3) is 0 Å². The van der Waals surface area contributed by atoms with Gasteiger partial charge < -0.3 is 19.2 Å². The van der Waals surface area contributed by atoms with Crippen molar-refractivity contribution in [1.82, 2.24) is 14.9 Å². The van der Waals surface area contributed by atoms with Crippen LogP contribution in [0.15, 0.2) is 45.9 Å². The number of pyridine rings is 2. The van der Waals surface area contributed by atoms with Crippen LogP contribution in [0.1, 0.15) is 23.0 Å². The number of aryl methyl sites for hydroxylation is 1. The lowest BCUT2D eigenvalue weighted by atomic mass is 10.1. The smallest absolute Gasteiger partial charge is 0.202 e. The van der Waals surface area contributed by atoms with Crippen molar-refractivity contribution in [1.29, 1.82) is 0 Å². The summed E-state index contributed by atoms with van der Waals surface area (Å²) in [5.74, 6) is -0.294. The van der Waals surface area contributed by atoms with E-state index in [0.717, 1.165) is 13.1 Å². The number of piperazine rings is 1. The van der Waals surface area contributed by atoms with E-state index in [9.17, 15) is 14.0 Å². The number of fused-ring (bicyclic) bond motifs is 1. The summed E-state index contributed by atoms with van der Waals surface area (Å²) in [5.41, 5.74) is -0.186. The van der Waals surface area contributed by atoms with Gasteiger partial charge in [-0.1, -0.05) is 0 Å². The van der Waals surface area contributed by atoms with Gasteiger partial charge in [0, 0.05) is 38.9 Å². The zero-order chi connectivity index (χ0) is 20.4.